The molecule has 0 aliphatic heterocycles. The fourth-order valence-corrected chi connectivity index (χ4v) is 1.30. The van der Waals surface area contributed by atoms with E-state index in [0.717, 1.165) is 18.2 Å². The van der Waals surface area contributed by atoms with Gasteiger partial charge in [0.15, 0.2) is 6.04 Å². The Morgan fingerprint density at radius 1 is 1.39 bits per heavy atom. The summed E-state index contributed by atoms with van der Waals surface area (Å²) in [4.78, 5) is 22.3. The average Bonchev–Trinajstić information content (AvgIpc) is 2.24. The molecule has 0 aliphatic carbocycles. The Morgan fingerprint density at radius 3 is 2.44 bits per heavy atom. The molecule has 6 nitrogen and oxygen atoms in total. The minimum Gasteiger partial charge on any atom is -0.508 e. The second-order valence-electron chi connectivity index (χ2n) is 3.69. The van der Waals surface area contributed by atoms with Gasteiger partial charge >= 0.3 is 5.97 Å². The van der Waals surface area contributed by atoms with Crippen molar-refractivity contribution in [3.05, 3.63) is 29.6 Å². The Kier molecular flexibility index (Phi) is 4.22. The number of benzene rings is 1. The van der Waals surface area contributed by atoms with Gasteiger partial charge in [-0.05, 0) is 19.1 Å². The van der Waals surface area contributed by atoms with Crippen LogP contribution in [0.1, 0.15) is 17.3 Å². The number of aliphatic hydroxyl groups excluding tert-OH is 1. The first-order valence-electron chi connectivity index (χ1n) is 5.03. The topological polar surface area (TPSA) is 107 Å². The Morgan fingerprint density at radius 2 is 2.00 bits per heavy atom. The van der Waals surface area contributed by atoms with Gasteiger partial charge in [-0.15, -0.1) is 0 Å². The number of hydrogen-bond donors (Lipinski definition) is 4. The Hall–Kier alpha value is -2.15. The molecular formula is C11H12FNO5. The number of nitrogens with one attached hydrogen (secondary N) is 1. The predicted molar refractivity (Wildman–Crippen MR) is 58.6 cm³/mol. The van der Waals surface area contributed by atoms with E-state index in [0.29, 0.717) is 0 Å². The molecule has 1 amide bonds. The molecule has 0 saturated carbocycles. The van der Waals surface area contributed by atoms with Gasteiger partial charge in [0.05, 0.1) is 11.7 Å². The lowest BCUT2D eigenvalue weighted by Gasteiger charge is -2.17. The molecule has 0 spiro atoms. The number of carboxylic acid groups (broad SMARTS) is 1. The molecule has 4 N–H and O–H groups in total. The van der Waals surface area contributed by atoms with Crippen molar-refractivity contribution >= 4 is 11.9 Å². The van der Waals surface area contributed by atoms with Crippen LogP contribution in [0.5, 0.6) is 5.75 Å². The van der Waals surface area contributed by atoms with Crippen LogP contribution in [-0.2, 0) is 4.79 Å². The number of rotatable bonds is 4. The SMILES string of the molecule is C[C@@H](O)[C@H](NC(=O)c1ccc(O)cc1F)C(=O)O. The van der Waals surface area contributed by atoms with E-state index in [2.05, 4.69) is 0 Å². The van der Waals surface area contributed by atoms with Gasteiger partial charge in [0, 0.05) is 6.07 Å². The van der Waals surface area contributed by atoms with Gasteiger partial charge in [0.1, 0.15) is 11.6 Å². The van der Waals surface area contributed by atoms with Crippen LogP contribution in [0.15, 0.2) is 18.2 Å². The molecule has 0 unspecified atom stereocenters. The van der Waals surface area contributed by atoms with E-state index in [1.807, 2.05) is 5.32 Å². The number of halogens is 1. The van der Waals surface area contributed by atoms with E-state index >= 15 is 0 Å². The summed E-state index contributed by atoms with van der Waals surface area (Å²) >= 11 is 0. The third-order valence-corrected chi connectivity index (χ3v) is 2.23. The van der Waals surface area contributed by atoms with Crippen molar-refractivity contribution < 1.29 is 29.3 Å². The van der Waals surface area contributed by atoms with E-state index in [1.54, 1.807) is 0 Å². The van der Waals surface area contributed by atoms with E-state index in [9.17, 15) is 14.0 Å². The third kappa shape index (κ3) is 3.17. The van der Waals surface area contributed by atoms with Crippen molar-refractivity contribution in [1.82, 2.24) is 5.32 Å². The lowest BCUT2D eigenvalue weighted by molar-refractivity contribution is -0.141. The van der Waals surface area contributed by atoms with Crippen LogP contribution < -0.4 is 5.32 Å². The highest BCUT2D eigenvalue weighted by Crippen LogP contribution is 2.15. The largest absolute Gasteiger partial charge is 0.508 e. The van der Waals surface area contributed by atoms with E-state index in [4.69, 9.17) is 15.3 Å². The van der Waals surface area contributed by atoms with Gasteiger partial charge in [0.25, 0.3) is 5.91 Å². The van der Waals surface area contributed by atoms with Crippen molar-refractivity contribution in [3.63, 3.8) is 0 Å². The summed E-state index contributed by atoms with van der Waals surface area (Å²) in [5.41, 5.74) is -0.417. The minimum absolute atomic E-state index is 0.352. The van der Waals surface area contributed by atoms with Crippen molar-refractivity contribution in [2.75, 3.05) is 0 Å². The van der Waals surface area contributed by atoms with Crippen LogP contribution in [0, 0.1) is 5.82 Å². The number of amides is 1. The number of phenols is 1. The van der Waals surface area contributed by atoms with Gasteiger partial charge in [-0.2, -0.15) is 0 Å². The summed E-state index contributed by atoms with van der Waals surface area (Å²) in [6.45, 7) is 1.19. The zero-order valence-electron chi connectivity index (χ0n) is 9.42. The Labute approximate surface area is 102 Å². The lowest BCUT2D eigenvalue weighted by atomic mass is 10.1. The molecular weight excluding hydrogens is 245 g/mol. The van der Waals surface area contributed by atoms with Gasteiger partial charge < -0.3 is 20.6 Å². The zero-order chi connectivity index (χ0) is 13.9. The number of carbonyl (C=O) groups is 2. The van der Waals surface area contributed by atoms with Crippen LogP contribution in [0.4, 0.5) is 4.39 Å². The predicted octanol–water partition coefficient (Wildman–Crippen LogP) is 0.0951. The number of carboxylic acids is 1. The summed E-state index contributed by atoms with van der Waals surface area (Å²) in [6.07, 6.45) is -1.33. The quantitative estimate of drug-likeness (QED) is 0.611. The monoisotopic (exact) mass is 257 g/mol. The standard InChI is InChI=1S/C11H12FNO5/c1-5(14)9(11(17)18)13-10(16)7-3-2-6(15)4-8(7)12/h2-5,9,14-15H,1H3,(H,13,16)(H,17,18)/t5-,9+/m1/s1. The molecule has 7 heteroatoms. The number of phenolic OH excluding ortho intramolecular Hbond substituents is 1. The number of aliphatic carboxylic acids is 1. The van der Waals surface area contributed by atoms with Crippen LogP contribution in [0.2, 0.25) is 0 Å². The molecule has 0 bridgehead atoms. The second-order valence-corrected chi connectivity index (χ2v) is 3.69. The number of aromatic hydroxyl groups is 1. The van der Waals surface area contributed by atoms with E-state index in [1.165, 1.54) is 6.92 Å². The zero-order valence-corrected chi connectivity index (χ0v) is 9.42. The molecule has 0 fully saturated rings. The first-order chi connectivity index (χ1) is 8.32. The molecule has 1 aromatic carbocycles. The molecule has 2 atom stereocenters. The molecule has 18 heavy (non-hydrogen) atoms. The highest BCUT2D eigenvalue weighted by molar-refractivity contribution is 5.97. The summed E-state index contributed by atoms with van der Waals surface area (Å²) < 4.78 is 13.3. The fourth-order valence-electron chi connectivity index (χ4n) is 1.30. The molecule has 1 rings (SSSR count). The van der Waals surface area contributed by atoms with Crippen molar-refractivity contribution in [1.29, 1.82) is 0 Å². The third-order valence-electron chi connectivity index (χ3n) is 2.23. The van der Waals surface area contributed by atoms with Crippen LogP contribution in [-0.4, -0.2) is 39.3 Å². The summed E-state index contributed by atoms with van der Waals surface area (Å²) in [5, 5.41) is 28.9. The molecule has 0 aliphatic rings. The van der Waals surface area contributed by atoms with E-state index < -0.39 is 35.4 Å². The van der Waals surface area contributed by atoms with Crippen LogP contribution >= 0.6 is 0 Å². The van der Waals surface area contributed by atoms with Crippen LogP contribution in [0.25, 0.3) is 0 Å². The van der Waals surface area contributed by atoms with Gasteiger partial charge in [0.2, 0.25) is 0 Å². The first-order valence-corrected chi connectivity index (χ1v) is 5.03. The molecule has 0 saturated heterocycles. The number of hydrogen-bond acceptors (Lipinski definition) is 4. The fraction of sp³-hybridized carbons (Fsp3) is 0.273. The van der Waals surface area contributed by atoms with Gasteiger partial charge in [-0.3, -0.25) is 4.79 Å². The minimum atomic E-state index is -1.54. The normalized spacial score (nSPS) is 13.7. The summed E-state index contributed by atoms with van der Waals surface area (Å²) in [6, 6.07) is 1.30. The molecule has 0 radical (unpaired) electrons. The highest BCUT2D eigenvalue weighted by atomic mass is 19.1. The lowest BCUT2D eigenvalue weighted by Crippen LogP contribution is -2.47. The van der Waals surface area contributed by atoms with E-state index in [-0.39, 0.29) is 5.75 Å². The first kappa shape index (κ1) is 13.9. The Balaban J connectivity index is 2.91. The maximum absolute atomic E-state index is 13.3. The molecule has 0 heterocycles. The van der Waals surface area contributed by atoms with Crippen molar-refractivity contribution in [2.45, 2.75) is 19.1 Å². The summed E-state index contributed by atoms with van der Waals surface area (Å²) in [5.74, 6) is -3.75. The Bertz CT molecular complexity index is 475. The highest BCUT2D eigenvalue weighted by Gasteiger charge is 2.26. The van der Waals surface area contributed by atoms with Crippen molar-refractivity contribution in [2.24, 2.45) is 0 Å². The van der Waals surface area contributed by atoms with Crippen molar-refractivity contribution in [3.8, 4) is 5.75 Å². The molecule has 1 aromatic rings. The average molecular weight is 257 g/mol. The maximum atomic E-state index is 13.3. The summed E-state index contributed by atoms with van der Waals surface area (Å²) in [7, 11) is 0. The van der Waals surface area contributed by atoms with Gasteiger partial charge in [-0.25, -0.2) is 9.18 Å². The number of carbonyl (C=O) groups excluding carboxylic acids is 1. The van der Waals surface area contributed by atoms with Gasteiger partial charge in [-0.1, -0.05) is 0 Å². The smallest absolute Gasteiger partial charge is 0.328 e. The second kappa shape index (κ2) is 5.46. The molecule has 98 valence electrons. The maximum Gasteiger partial charge on any atom is 0.328 e. The van der Waals surface area contributed by atoms with Crippen LogP contribution in [0.3, 0.4) is 0 Å². The molecule has 0 aromatic heterocycles. The number of aliphatic hydroxyl groups is 1.